The molecule has 0 aliphatic heterocycles. The number of hydrogen-bond acceptors (Lipinski definition) is 1. The Hall–Kier alpha value is -8.14. The Balaban J connectivity index is 1.13. The van der Waals surface area contributed by atoms with E-state index in [-0.39, 0.29) is 10.8 Å². The van der Waals surface area contributed by atoms with Crippen molar-refractivity contribution in [3.63, 3.8) is 0 Å². The molecule has 6 heteroatoms. The molecule has 69 heavy (non-hydrogen) atoms. The molecular weight excluding hydrogens is 856 g/mol. The molecule has 9 aromatic carbocycles. The van der Waals surface area contributed by atoms with Crippen molar-refractivity contribution in [2.45, 2.75) is 51.6 Å². The number of benzene rings is 9. The Kier molecular flexibility index (Phi) is 8.45. The van der Waals surface area contributed by atoms with E-state index >= 15 is 0 Å². The first kappa shape index (κ1) is 41.1. The zero-order valence-corrected chi connectivity index (χ0v) is 38.7. The largest absolute Gasteiger partial charge is 0.416 e. The Morgan fingerprint density at radius 3 is 1.43 bits per heavy atom. The molecule has 2 aromatic heterocycles. The number of nitrogens with zero attached hydrogens (tertiary/aromatic N) is 3. The van der Waals surface area contributed by atoms with Crippen LogP contribution in [0.3, 0.4) is 0 Å². The summed E-state index contributed by atoms with van der Waals surface area (Å²) in [7, 11) is 0. The molecule has 2 heterocycles. The van der Waals surface area contributed by atoms with E-state index in [1.54, 1.807) is 13.0 Å². The summed E-state index contributed by atoms with van der Waals surface area (Å²) in [6.45, 7) is 11.0. The molecule has 0 bridgehead atoms. The minimum atomic E-state index is -4.46. The minimum absolute atomic E-state index is 0.274. The van der Waals surface area contributed by atoms with Gasteiger partial charge in [-0.15, -0.1) is 0 Å². The summed E-state index contributed by atoms with van der Waals surface area (Å²) in [6, 6.07) is 62.2. The van der Waals surface area contributed by atoms with Gasteiger partial charge in [0, 0.05) is 43.5 Å². The van der Waals surface area contributed by atoms with E-state index in [9.17, 15) is 18.4 Å². The molecule has 332 valence electrons. The van der Waals surface area contributed by atoms with Gasteiger partial charge in [-0.05, 0) is 123 Å². The third-order valence-corrected chi connectivity index (χ3v) is 15.5. The normalized spacial score (nSPS) is 14.3. The molecule has 0 fully saturated rings. The Morgan fingerprint density at radius 1 is 0.449 bits per heavy atom. The second-order valence-electron chi connectivity index (χ2n) is 19.9. The molecule has 0 saturated carbocycles. The molecule has 2 aliphatic rings. The molecule has 2 aliphatic carbocycles. The van der Waals surface area contributed by atoms with Gasteiger partial charge in [-0.1, -0.05) is 149 Å². The lowest BCUT2D eigenvalue weighted by molar-refractivity contribution is -0.137. The molecule has 3 nitrogen and oxygen atoms in total. The third-order valence-electron chi connectivity index (χ3n) is 15.5. The molecule has 0 saturated heterocycles. The number of para-hydroxylation sites is 2. The van der Waals surface area contributed by atoms with Crippen molar-refractivity contribution in [1.82, 2.24) is 9.13 Å². The molecule has 0 spiro atoms. The van der Waals surface area contributed by atoms with Gasteiger partial charge in [-0.25, -0.2) is 0 Å². The number of alkyl halides is 3. The first-order valence-electron chi connectivity index (χ1n) is 23.5. The van der Waals surface area contributed by atoms with Gasteiger partial charge in [-0.3, -0.25) is 0 Å². The smallest absolute Gasteiger partial charge is 0.309 e. The van der Waals surface area contributed by atoms with Crippen molar-refractivity contribution in [1.29, 1.82) is 5.26 Å². The average Bonchev–Trinajstić information content (AvgIpc) is 4.02. The highest BCUT2D eigenvalue weighted by Crippen LogP contribution is 2.56. The molecular formula is C63H44F3N3. The highest BCUT2D eigenvalue weighted by molar-refractivity contribution is 6.16. The number of halogens is 3. The van der Waals surface area contributed by atoms with E-state index in [2.05, 4.69) is 182 Å². The Labute approximate surface area is 398 Å². The first-order chi connectivity index (χ1) is 33.3. The van der Waals surface area contributed by atoms with E-state index in [0.29, 0.717) is 16.7 Å². The van der Waals surface area contributed by atoms with Crippen LogP contribution in [0.25, 0.3) is 99.5 Å². The maximum atomic E-state index is 14.1. The van der Waals surface area contributed by atoms with Crippen LogP contribution in [0, 0.1) is 18.3 Å². The van der Waals surface area contributed by atoms with Gasteiger partial charge < -0.3 is 9.13 Å². The summed E-state index contributed by atoms with van der Waals surface area (Å²) >= 11 is 0. The summed E-state index contributed by atoms with van der Waals surface area (Å²) in [5.74, 6) is 0. The predicted molar refractivity (Wildman–Crippen MR) is 276 cm³/mol. The highest BCUT2D eigenvalue weighted by Gasteiger charge is 2.40. The maximum absolute atomic E-state index is 14.1. The molecule has 0 N–H and O–H groups in total. The van der Waals surface area contributed by atoms with Crippen molar-refractivity contribution < 1.29 is 13.2 Å². The van der Waals surface area contributed by atoms with E-state index in [0.717, 1.165) is 60.9 Å². The summed E-state index contributed by atoms with van der Waals surface area (Å²) in [5.41, 5.74) is 19.1. The fraction of sp³-hybridized carbons (Fsp3) is 0.127. The van der Waals surface area contributed by atoms with Gasteiger partial charge in [0.2, 0.25) is 0 Å². The van der Waals surface area contributed by atoms with Crippen LogP contribution in [-0.4, -0.2) is 9.13 Å². The molecule has 0 unspecified atom stereocenters. The number of aryl methyl sites for hydroxylation is 1. The van der Waals surface area contributed by atoms with Gasteiger partial charge in [0.15, 0.2) is 0 Å². The number of aromatic nitrogens is 2. The zero-order valence-electron chi connectivity index (χ0n) is 38.7. The lowest BCUT2D eigenvalue weighted by Crippen LogP contribution is -2.15. The van der Waals surface area contributed by atoms with Crippen LogP contribution in [-0.2, 0) is 17.0 Å². The molecule has 0 atom stereocenters. The van der Waals surface area contributed by atoms with Crippen LogP contribution in [0.15, 0.2) is 176 Å². The first-order valence-corrected chi connectivity index (χ1v) is 23.5. The van der Waals surface area contributed by atoms with Crippen LogP contribution in [0.5, 0.6) is 0 Å². The number of rotatable bonds is 4. The SMILES string of the molecule is Cc1cc(C(F)(F)F)ccc1-c1ccc(-c2ccc(C#N)cc2-n2c3ccccc3c3c4c(ccc32)-c2ccccc2C4(C)C)c(-n2c3ccccc3c3c4c(ccc32)-c2ccccc2C4(C)C)c1. The predicted octanol–water partition coefficient (Wildman–Crippen LogP) is 17.0. The van der Waals surface area contributed by atoms with E-state index in [4.69, 9.17) is 0 Å². The molecule has 0 radical (unpaired) electrons. The zero-order chi connectivity index (χ0) is 47.3. The lowest BCUT2D eigenvalue weighted by Gasteiger charge is -2.23. The van der Waals surface area contributed by atoms with Gasteiger partial charge >= 0.3 is 6.18 Å². The van der Waals surface area contributed by atoms with Crippen LogP contribution in [0.4, 0.5) is 13.2 Å². The van der Waals surface area contributed by atoms with Crippen molar-refractivity contribution in [2.75, 3.05) is 0 Å². The second kappa shape index (κ2) is 14.2. The summed E-state index contributed by atoms with van der Waals surface area (Å²) in [4.78, 5) is 0. The third kappa shape index (κ3) is 5.62. The number of nitriles is 1. The van der Waals surface area contributed by atoms with Crippen LogP contribution >= 0.6 is 0 Å². The van der Waals surface area contributed by atoms with E-state index in [1.807, 2.05) is 18.2 Å². The number of fused-ring (bicyclic) bond motifs is 14. The second-order valence-corrected chi connectivity index (χ2v) is 19.9. The lowest BCUT2D eigenvalue weighted by atomic mass is 9.80. The number of hydrogen-bond donors (Lipinski definition) is 0. The van der Waals surface area contributed by atoms with Crippen molar-refractivity contribution in [3.05, 3.63) is 215 Å². The van der Waals surface area contributed by atoms with Crippen LogP contribution in [0.2, 0.25) is 0 Å². The Morgan fingerprint density at radius 2 is 0.913 bits per heavy atom. The quantitative estimate of drug-likeness (QED) is 0.173. The maximum Gasteiger partial charge on any atom is 0.416 e. The standard InChI is InChI=1S/C63H44F3N3/c1-36-32-39(63(64,65)66)24-27-40(36)38-23-26-44(56(34-38)69-52-21-13-9-17-48(52)58-54(69)31-29-46-42-15-7-11-19-50(42)62(4,5)60(46)58)43-25-22-37(35-67)33-55(43)68-51-20-12-8-16-47(51)57-53(68)30-28-45-41-14-6-10-18-49(41)61(2,3)59(45)57/h6-34H,1-5H3. The fourth-order valence-electron chi connectivity index (χ4n) is 12.5. The highest BCUT2D eigenvalue weighted by atomic mass is 19.4. The topological polar surface area (TPSA) is 33.6 Å². The van der Waals surface area contributed by atoms with Gasteiger partial charge in [0.25, 0.3) is 0 Å². The average molecular weight is 900 g/mol. The van der Waals surface area contributed by atoms with E-state index in [1.165, 1.54) is 67.4 Å². The molecule has 13 rings (SSSR count). The monoisotopic (exact) mass is 899 g/mol. The van der Waals surface area contributed by atoms with Crippen molar-refractivity contribution in [3.8, 4) is 62.0 Å². The van der Waals surface area contributed by atoms with Gasteiger partial charge in [0.05, 0.1) is 50.6 Å². The van der Waals surface area contributed by atoms with Crippen molar-refractivity contribution in [2.24, 2.45) is 0 Å². The van der Waals surface area contributed by atoms with Gasteiger partial charge in [-0.2, -0.15) is 18.4 Å². The summed E-state index contributed by atoms with van der Waals surface area (Å²) < 4.78 is 46.9. The molecule has 0 amide bonds. The molecule has 11 aromatic rings. The van der Waals surface area contributed by atoms with Crippen LogP contribution in [0.1, 0.15) is 66.6 Å². The van der Waals surface area contributed by atoms with Gasteiger partial charge in [0.1, 0.15) is 0 Å². The summed E-state index contributed by atoms with van der Waals surface area (Å²) in [5, 5.41) is 15.2. The van der Waals surface area contributed by atoms with Crippen LogP contribution < -0.4 is 0 Å². The fourth-order valence-corrected chi connectivity index (χ4v) is 12.5. The minimum Gasteiger partial charge on any atom is -0.309 e. The summed E-state index contributed by atoms with van der Waals surface area (Å²) in [6.07, 6.45) is -4.46. The van der Waals surface area contributed by atoms with E-state index < -0.39 is 11.7 Å². The van der Waals surface area contributed by atoms with Crippen molar-refractivity contribution >= 4 is 43.6 Å². The Bertz CT molecular complexity index is 4090.